The van der Waals surface area contributed by atoms with Crippen molar-refractivity contribution >= 4 is 22.1 Å². The lowest BCUT2D eigenvalue weighted by atomic mass is 9.98. The van der Waals surface area contributed by atoms with Crippen molar-refractivity contribution in [2.24, 2.45) is 0 Å². The summed E-state index contributed by atoms with van der Waals surface area (Å²) >= 11 is 0. The van der Waals surface area contributed by atoms with Gasteiger partial charge in [-0.1, -0.05) is 89.0 Å². The van der Waals surface area contributed by atoms with Crippen molar-refractivity contribution in [2.45, 2.75) is 77.6 Å². The van der Waals surface area contributed by atoms with Gasteiger partial charge in [-0.2, -0.15) is 0 Å². The fourth-order valence-electron chi connectivity index (χ4n) is 3.46. The van der Waals surface area contributed by atoms with Crippen molar-refractivity contribution in [3.05, 3.63) is 35.9 Å². The van der Waals surface area contributed by atoms with Gasteiger partial charge in [-0.05, 0) is 29.9 Å². The molecule has 2 aromatic carbocycles. The van der Waals surface area contributed by atoms with Crippen LogP contribution >= 0.6 is 0 Å². The molecule has 2 aromatic rings. The highest BCUT2D eigenvalue weighted by Gasteiger charge is 2.07. The number of anilines is 2. The highest BCUT2D eigenvalue weighted by Crippen LogP contribution is 2.31. The zero-order chi connectivity index (χ0) is 17.2. The predicted molar refractivity (Wildman–Crippen MR) is 108 cm³/mol. The van der Waals surface area contributed by atoms with Crippen LogP contribution in [0.25, 0.3) is 10.8 Å². The number of unbranched alkanes of at least 4 members (excludes halogenated alkanes) is 9. The van der Waals surface area contributed by atoms with Crippen LogP contribution < -0.4 is 11.5 Å². The molecule has 0 aliphatic rings. The Morgan fingerprint density at radius 2 is 1.29 bits per heavy atom. The summed E-state index contributed by atoms with van der Waals surface area (Å²) in [5.74, 6) is 0. The van der Waals surface area contributed by atoms with E-state index in [0.29, 0.717) is 0 Å². The quantitative estimate of drug-likeness (QED) is 0.367. The second kappa shape index (κ2) is 10.2. The topological polar surface area (TPSA) is 52.0 Å². The summed E-state index contributed by atoms with van der Waals surface area (Å²) in [5, 5.41) is 2.27. The molecule has 4 N–H and O–H groups in total. The molecule has 0 amide bonds. The lowest BCUT2D eigenvalue weighted by Gasteiger charge is -2.12. The van der Waals surface area contributed by atoms with Crippen molar-refractivity contribution in [1.29, 1.82) is 0 Å². The number of benzene rings is 2. The molecule has 132 valence electrons. The third-order valence-corrected chi connectivity index (χ3v) is 5.02. The average molecular weight is 327 g/mol. The van der Waals surface area contributed by atoms with E-state index in [-0.39, 0.29) is 0 Å². The van der Waals surface area contributed by atoms with E-state index < -0.39 is 0 Å². The Balaban J connectivity index is 1.69. The van der Waals surface area contributed by atoms with Crippen LogP contribution in [0.1, 0.15) is 76.7 Å². The van der Waals surface area contributed by atoms with Gasteiger partial charge >= 0.3 is 0 Å². The molecule has 0 fully saturated rings. The van der Waals surface area contributed by atoms with Crippen molar-refractivity contribution in [2.75, 3.05) is 11.5 Å². The van der Waals surface area contributed by atoms with Crippen molar-refractivity contribution in [1.82, 2.24) is 0 Å². The molecule has 0 unspecified atom stereocenters. The molecule has 0 atom stereocenters. The first-order valence-corrected chi connectivity index (χ1v) is 9.79. The van der Waals surface area contributed by atoms with Gasteiger partial charge in [0.25, 0.3) is 0 Å². The summed E-state index contributed by atoms with van der Waals surface area (Å²) in [5.41, 5.74) is 15.2. The first kappa shape index (κ1) is 18.6. The first-order valence-electron chi connectivity index (χ1n) is 9.79. The maximum Gasteiger partial charge on any atom is 0.0630 e. The van der Waals surface area contributed by atoms with Gasteiger partial charge in [-0.3, -0.25) is 0 Å². The number of fused-ring (bicyclic) bond motifs is 1. The third-order valence-electron chi connectivity index (χ3n) is 5.02. The van der Waals surface area contributed by atoms with E-state index >= 15 is 0 Å². The minimum absolute atomic E-state index is 0.746. The minimum atomic E-state index is 0.746. The van der Waals surface area contributed by atoms with Gasteiger partial charge in [-0.15, -0.1) is 0 Å². The molecule has 0 saturated heterocycles. The van der Waals surface area contributed by atoms with Gasteiger partial charge in [0, 0.05) is 5.39 Å². The smallest absolute Gasteiger partial charge is 0.0630 e. The van der Waals surface area contributed by atoms with Crippen LogP contribution in [0.3, 0.4) is 0 Å². The lowest BCUT2D eigenvalue weighted by molar-refractivity contribution is 0.556. The predicted octanol–water partition coefficient (Wildman–Crippen LogP) is 6.47. The second-order valence-corrected chi connectivity index (χ2v) is 7.02. The Morgan fingerprint density at radius 1 is 0.708 bits per heavy atom. The molecule has 0 bridgehead atoms. The van der Waals surface area contributed by atoms with Crippen LogP contribution in [0.2, 0.25) is 0 Å². The monoisotopic (exact) mass is 326 g/mol. The van der Waals surface area contributed by atoms with E-state index in [1.54, 1.807) is 0 Å². The normalized spacial score (nSPS) is 11.2. The maximum atomic E-state index is 6.24. The number of rotatable bonds is 11. The lowest BCUT2D eigenvalue weighted by Crippen LogP contribution is -2.01. The molecule has 2 nitrogen and oxygen atoms in total. The zero-order valence-corrected chi connectivity index (χ0v) is 15.3. The molecule has 0 aromatic heterocycles. The number of hydrogen-bond donors (Lipinski definition) is 2. The van der Waals surface area contributed by atoms with Gasteiger partial charge in [0.1, 0.15) is 0 Å². The number of nitrogen functional groups attached to an aromatic ring is 2. The largest absolute Gasteiger partial charge is 0.397 e. The molecule has 2 rings (SSSR count). The molecule has 0 radical (unpaired) electrons. The van der Waals surface area contributed by atoms with E-state index in [4.69, 9.17) is 11.5 Å². The van der Waals surface area contributed by atoms with Crippen molar-refractivity contribution < 1.29 is 0 Å². The van der Waals surface area contributed by atoms with Gasteiger partial charge in [0.2, 0.25) is 0 Å². The van der Waals surface area contributed by atoms with Crippen LogP contribution in [0.5, 0.6) is 0 Å². The van der Waals surface area contributed by atoms with E-state index in [2.05, 4.69) is 25.1 Å². The van der Waals surface area contributed by atoms with Crippen LogP contribution in [0.15, 0.2) is 30.3 Å². The van der Waals surface area contributed by atoms with Gasteiger partial charge < -0.3 is 11.5 Å². The Bertz CT molecular complexity index is 619. The molecular weight excluding hydrogens is 292 g/mol. The zero-order valence-electron chi connectivity index (χ0n) is 15.3. The summed E-state index contributed by atoms with van der Waals surface area (Å²) < 4.78 is 0. The third kappa shape index (κ3) is 5.43. The summed E-state index contributed by atoms with van der Waals surface area (Å²) in [6.07, 6.45) is 14.6. The Morgan fingerprint density at radius 3 is 1.96 bits per heavy atom. The second-order valence-electron chi connectivity index (χ2n) is 7.02. The SMILES string of the molecule is CCCCCCCCCCCCc1cc2ccccc2c(N)c1N. The standard InChI is InChI=1S/C22H34N2/c1-2-3-4-5-6-7-8-9-10-11-15-19-17-18-14-12-13-16-20(18)22(24)21(19)23/h12-14,16-17H,2-11,15,23-24H2,1H3. The van der Waals surface area contributed by atoms with E-state index in [0.717, 1.165) is 23.2 Å². The average Bonchev–Trinajstić information content (AvgIpc) is 2.60. The van der Waals surface area contributed by atoms with Gasteiger partial charge in [0.05, 0.1) is 11.4 Å². The van der Waals surface area contributed by atoms with Crippen molar-refractivity contribution in [3.63, 3.8) is 0 Å². The summed E-state index contributed by atoms with van der Waals surface area (Å²) in [6, 6.07) is 10.5. The molecule has 0 spiro atoms. The Kier molecular flexibility index (Phi) is 7.94. The summed E-state index contributed by atoms with van der Waals surface area (Å²) in [7, 11) is 0. The summed E-state index contributed by atoms with van der Waals surface area (Å²) in [6.45, 7) is 2.27. The van der Waals surface area contributed by atoms with Crippen LogP contribution in [-0.2, 0) is 6.42 Å². The molecule has 0 aliphatic carbocycles. The highest BCUT2D eigenvalue weighted by atomic mass is 14.7. The molecule has 2 heteroatoms. The number of nitrogens with two attached hydrogens (primary N) is 2. The van der Waals surface area contributed by atoms with Crippen molar-refractivity contribution in [3.8, 4) is 0 Å². The Hall–Kier alpha value is -1.70. The fourth-order valence-corrected chi connectivity index (χ4v) is 3.46. The van der Waals surface area contributed by atoms with Gasteiger partial charge in [0.15, 0.2) is 0 Å². The van der Waals surface area contributed by atoms with Gasteiger partial charge in [-0.25, -0.2) is 0 Å². The maximum absolute atomic E-state index is 6.24. The highest BCUT2D eigenvalue weighted by molar-refractivity contribution is 5.99. The molecular formula is C22H34N2. The molecule has 0 heterocycles. The number of hydrogen-bond acceptors (Lipinski definition) is 2. The molecule has 24 heavy (non-hydrogen) atoms. The summed E-state index contributed by atoms with van der Waals surface area (Å²) in [4.78, 5) is 0. The first-order chi connectivity index (χ1) is 11.7. The van der Waals surface area contributed by atoms with E-state index in [9.17, 15) is 0 Å². The van der Waals surface area contributed by atoms with Crippen LogP contribution in [-0.4, -0.2) is 0 Å². The van der Waals surface area contributed by atoms with E-state index in [1.807, 2.05) is 12.1 Å². The fraction of sp³-hybridized carbons (Fsp3) is 0.545. The molecule has 0 aliphatic heterocycles. The minimum Gasteiger partial charge on any atom is -0.397 e. The van der Waals surface area contributed by atoms with E-state index in [1.165, 1.54) is 75.2 Å². The Labute approximate surface area is 147 Å². The van der Waals surface area contributed by atoms with Crippen LogP contribution in [0.4, 0.5) is 11.4 Å². The molecule has 0 saturated carbocycles. The van der Waals surface area contributed by atoms with Crippen LogP contribution in [0, 0.1) is 0 Å². The number of aryl methyl sites for hydroxylation is 1.